The monoisotopic (exact) mass is 534 g/mol. The van der Waals surface area contributed by atoms with E-state index in [0.717, 1.165) is 70.3 Å². The molecule has 0 aliphatic carbocycles. The lowest BCUT2D eigenvalue weighted by Crippen LogP contribution is -2.43. The molecule has 0 bridgehead atoms. The summed E-state index contributed by atoms with van der Waals surface area (Å²) >= 11 is 1.63. The Morgan fingerprint density at radius 3 is 2.54 bits per heavy atom. The highest BCUT2D eigenvalue weighted by atomic mass is 32.2. The molecule has 2 fully saturated rings. The molecule has 0 saturated carbocycles. The number of morpholine rings is 1. The van der Waals surface area contributed by atoms with Crippen molar-refractivity contribution in [2.75, 3.05) is 75.1 Å². The van der Waals surface area contributed by atoms with Gasteiger partial charge < -0.3 is 20.3 Å². The Hall–Kier alpha value is -1.94. The molecule has 0 aromatic carbocycles. The number of rotatable bonds is 10. The fourth-order valence-corrected chi connectivity index (χ4v) is 4.53. The topological polar surface area (TPSA) is 82.1 Å². The Morgan fingerprint density at radius 2 is 1.89 bits per heavy atom. The lowest BCUT2D eigenvalue weighted by molar-refractivity contribution is -0.113. The van der Waals surface area contributed by atoms with Crippen LogP contribution in [0.2, 0.25) is 0 Å². The standard InChI is InChI=1S/C23H36N6O2S.C3H8.C2H6/c1-3-4-20(15-26-18-28-11-13-31-14-12-28)19(2)32-17-23(30)27-21-16-25-6-5-22(21)29-9-7-24-8-10-29;1-3-2;1-2/h4-6,15-16,19,24H,3,7-14,17-18H2,1-2H3,(H,27,30);3H2,1-2H3;1-2H3/b20-4+,26-15-;;. The predicted molar refractivity (Wildman–Crippen MR) is 161 cm³/mol. The maximum Gasteiger partial charge on any atom is 0.234 e. The highest BCUT2D eigenvalue weighted by Gasteiger charge is 2.17. The van der Waals surface area contributed by atoms with Crippen molar-refractivity contribution in [3.8, 4) is 0 Å². The minimum atomic E-state index is -0.00709. The first-order valence-electron chi connectivity index (χ1n) is 13.9. The molecule has 8 nitrogen and oxygen atoms in total. The summed E-state index contributed by atoms with van der Waals surface area (Å²) in [6.45, 7) is 20.4. The van der Waals surface area contributed by atoms with E-state index < -0.39 is 0 Å². The Morgan fingerprint density at radius 1 is 1.22 bits per heavy atom. The maximum absolute atomic E-state index is 12.7. The van der Waals surface area contributed by atoms with E-state index in [2.05, 4.69) is 64.2 Å². The molecule has 210 valence electrons. The number of hydrogen-bond acceptors (Lipinski definition) is 8. The number of hydrogen-bond donors (Lipinski definition) is 2. The number of aliphatic imine (C=N–C) groups is 1. The highest BCUT2D eigenvalue weighted by molar-refractivity contribution is 8.00. The Labute approximate surface area is 229 Å². The Kier molecular flexibility index (Phi) is 18.8. The van der Waals surface area contributed by atoms with Gasteiger partial charge in [-0.1, -0.05) is 47.1 Å². The van der Waals surface area contributed by atoms with Crippen molar-refractivity contribution in [1.29, 1.82) is 0 Å². The van der Waals surface area contributed by atoms with Gasteiger partial charge in [-0.15, -0.1) is 11.8 Å². The molecule has 2 N–H and O–H groups in total. The van der Waals surface area contributed by atoms with Gasteiger partial charge in [0, 0.05) is 56.9 Å². The van der Waals surface area contributed by atoms with E-state index in [1.54, 1.807) is 24.2 Å². The van der Waals surface area contributed by atoms with Crippen LogP contribution in [0.15, 0.2) is 35.1 Å². The molecule has 0 spiro atoms. The van der Waals surface area contributed by atoms with Crippen molar-refractivity contribution in [3.05, 3.63) is 30.1 Å². The third kappa shape index (κ3) is 13.4. The molecule has 3 rings (SSSR count). The van der Waals surface area contributed by atoms with Crippen molar-refractivity contribution < 1.29 is 9.53 Å². The van der Waals surface area contributed by atoms with Crippen molar-refractivity contribution in [3.63, 3.8) is 0 Å². The van der Waals surface area contributed by atoms with Gasteiger partial charge >= 0.3 is 0 Å². The van der Waals surface area contributed by atoms with E-state index in [9.17, 15) is 4.79 Å². The normalized spacial score (nSPS) is 17.4. The van der Waals surface area contributed by atoms with E-state index in [1.165, 1.54) is 12.0 Å². The summed E-state index contributed by atoms with van der Waals surface area (Å²) in [5, 5.41) is 6.61. The molecule has 1 aromatic rings. The zero-order chi connectivity index (χ0) is 27.3. The SMILES string of the molecule is CC.CC/C=C(\C=N/CN1CCOCC1)C(C)SCC(=O)Nc1cnccc1N1CCNCC1.CCC. The van der Waals surface area contributed by atoms with E-state index in [0.29, 0.717) is 12.4 Å². The van der Waals surface area contributed by atoms with Crippen LogP contribution in [0.4, 0.5) is 11.4 Å². The van der Waals surface area contributed by atoms with Gasteiger partial charge in [0.2, 0.25) is 5.91 Å². The van der Waals surface area contributed by atoms with Gasteiger partial charge in [0.1, 0.15) is 0 Å². The molecular weight excluding hydrogens is 484 g/mol. The van der Waals surface area contributed by atoms with Crippen LogP contribution < -0.4 is 15.5 Å². The quantitative estimate of drug-likeness (QED) is 0.422. The first-order valence-corrected chi connectivity index (χ1v) is 14.9. The van der Waals surface area contributed by atoms with Crippen LogP contribution >= 0.6 is 11.8 Å². The van der Waals surface area contributed by atoms with E-state index in [4.69, 9.17) is 4.74 Å². The third-order valence-corrected chi connectivity index (χ3v) is 6.73. The average Bonchev–Trinajstić information content (AvgIpc) is 2.94. The molecule has 1 aromatic heterocycles. The lowest BCUT2D eigenvalue weighted by Gasteiger charge is -2.30. The van der Waals surface area contributed by atoms with Gasteiger partial charge in [-0.25, -0.2) is 0 Å². The molecule has 37 heavy (non-hydrogen) atoms. The van der Waals surface area contributed by atoms with Crippen LogP contribution in [0.1, 0.15) is 54.4 Å². The maximum atomic E-state index is 12.7. The molecule has 1 amide bonds. The van der Waals surface area contributed by atoms with E-state index in [1.807, 2.05) is 26.1 Å². The smallest absolute Gasteiger partial charge is 0.234 e. The second-order valence-electron chi connectivity index (χ2n) is 8.63. The molecule has 2 aliphatic heterocycles. The summed E-state index contributed by atoms with van der Waals surface area (Å²) < 4.78 is 5.39. The number of carbonyl (C=O) groups excluding carboxylic acids is 1. The molecule has 0 radical (unpaired) electrons. The molecule has 3 heterocycles. The fourth-order valence-electron chi connectivity index (χ4n) is 3.71. The number of amides is 1. The first kappa shape index (κ1) is 33.1. The average molecular weight is 535 g/mol. The lowest BCUT2D eigenvalue weighted by atomic mass is 10.2. The summed E-state index contributed by atoms with van der Waals surface area (Å²) in [6.07, 6.45) is 9.88. The number of allylic oxidation sites excluding steroid dienone is 1. The fraction of sp³-hybridized carbons (Fsp3) is 0.679. The molecule has 1 atom stereocenters. The number of pyridine rings is 1. The number of anilines is 2. The molecule has 1 unspecified atom stereocenters. The minimum absolute atomic E-state index is 0.00709. The van der Waals surface area contributed by atoms with Gasteiger partial charge in [-0.3, -0.25) is 19.7 Å². The largest absolute Gasteiger partial charge is 0.379 e. The molecule has 2 aliphatic rings. The van der Waals surface area contributed by atoms with E-state index >= 15 is 0 Å². The summed E-state index contributed by atoms with van der Waals surface area (Å²) in [5.74, 6) is 0.377. The third-order valence-electron chi connectivity index (χ3n) is 5.53. The van der Waals surface area contributed by atoms with Gasteiger partial charge in [0.25, 0.3) is 0 Å². The number of nitrogens with zero attached hydrogens (tertiary/aromatic N) is 4. The van der Waals surface area contributed by atoms with Gasteiger partial charge in [0.05, 0.1) is 43.2 Å². The zero-order valence-corrected chi connectivity index (χ0v) is 24.8. The number of nitrogens with one attached hydrogen (secondary N) is 2. The summed E-state index contributed by atoms with van der Waals surface area (Å²) in [7, 11) is 0. The summed E-state index contributed by atoms with van der Waals surface area (Å²) in [6, 6.07) is 1.98. The Balaban J connectivity index is 0.00000127. The zero-order valence-electron chi connectivity index (χ0n) is 24.0. The molecule has 9 heteroatoms. The van der Waals surface area contributed by atoms with Crippen molar-refractivity contribution in [2.45, 2.75) is 59.6 Å². The van der Waals surface area contributed by atoms with Crippen LogP contribution in [0.5, 0.6) is 0 Å². The van der Waals surface area contributed by atoms with Crippen LogP contribution in [-0.4, -0.2) is 92.2 Å². The minimum Gasteiger partial charge on any atom is -0.379 e. The Bertz CT molecular complexity index is 793. The van der Waals surface area contributed by atoms with Crippen molar-refractivity contribution >= 4 is 35.3 Å². The number of carbonyl (C=O) groups is 1. The predicted octanol–water partition coefficient (Wildman–Crippen LogP) is 4.69. The van der Waals surface area contributed by atoms with Gasteiger partial charge in [0.15, 0.2) is 0 Å². The number of piperazine rings is 1. The van der Waals surface area contributed by atoms with Gasteiger partial charge in [-0.05, 0) is 25.0 Å². The second kappa shape index (κ2) is 21.0. The summed E-state index contributed by atoms with van der Waals surface area (Å²) in [5.41, 5.74) is 2.99. The van der Waals surface area contributed by atoms with Crippen LogP contribution in [-0.2, 0) is 9.53 Å². The van der Waals surface area contributed by atoms with Gasteiger partial charge in [-0.2, -0.15) is 0 Å². The number of thioether (sulfide) groups is 1. The van der Waals surface area contributed by atoms with Crippen LogP contribution in [0.25, 0.3) is 0 Å². The van der Waals surface area contributed by atoms with Crippen molar-refractivity contribution in [1.82, 2.24) is 15.2 Å². The molecule has 2 saturated heterocycles. The summed E-state index contributed by atoms with van der Waals surface area (Å²) in [4.78, 5) is 26.1. The van der Waals surface area contributed by atoms with E-state index in [-0.39, 0.29) is 11.2 Å². The first-order chi connectivity index (χ1) is 18.1. The van der Waals surface area contributed by atoms with Crippen LogP contribution in [0, 0.1) is 0 Å². The second-order valence-corrected chi connectivity index (χ2v) is 9.96. The number of aromatic nitrogens is 1. The molecular formula is C28H50N6O2S. The van der Waals surface area contributed by atoms with Crippen molar-refractivity contribution in [2.24, 2.45) is 4.99 Å². The number of ether oxygens (including phenoxy) is 1. The van der Waals surface area contributed by atoms with Crippen LogP contribution in [0.3, 0.4) is 0 Å². The highest BCUT2D eigenvalue weighted by Crippen LogP contribution is 2.25.